The van der Waals surface area contributed by atoms with E-state index in [4.69, 9.17) is 23.2 Å². The van der Waals surface area contributed by atoms with E-state index in [9.17, 15) is 9.59 Å². The average Bonchev–Trinajstić information content (AvgIpc) is 2.56. The van der Waals surface area contributed by atoms with Crippen LogP contribution in [0.4, 0.5) is 5.69 Å². The highest BCUT2D eigenvalue weighted by Gasteiger charge is 2.13. The predicted octanol–water partition coefficient (Wildman–Crippen LogP) is 3.30. The molecule has 0 fully saturated rings. The summed E-state index contributed by atoms with van der Waals surface area (Å²) < 4.78 is 0. The Hall–Kier alpha value is -1.30. The van der Waals surface area contributed by atoms with Crippen molar-refractivity contribution in [3.63, 3.8) is 0 Å². The smallest absolute Gasteiger partial charge is 0.305 e. The fraction of sp³-hybridized carbons (Fsp3) is 0.0909. The molecule has 1 aromatic heterocycles. The Morgan fingerprint density at radius 2 is 1.89 bits per heavy atom. The molecule has 1 amide bonds. The van der Waals surface area contributed by atoms with Gasteiger partial charge in [0, 0.05) is 21.4 Å². The van der Waals surface area contributed by atoms with Crippen molar-refractivity contribution in [1.82, 2.24) is 4.98 Å². The zero-order valence-electron chi connectivity index (χ0n) is 9.21. The lowest BCUT2D eigenvalue weighted by molar-refractivity contribution is 0.103. The summed E-state index contributed by atoms with van der Waals surface area (Å²) in [4.78, 5) is 25.7. The first-order valence-corrected chi connectivity index (χ1v) is 6.50. The molecule has 7 heteroatoms. The molecule has 0 aliphatic heterocycles. The van der Waals surface area contributed by atoms with Crippen LogP contribution in [0.5, 0.6) is 0 Å². The highest BCUT2D eigenvalue weighted by atomic mass is 35.5. The fourth-order valence-corrected chi connectivity index (χ4v) is 2.70. The minimum absolute atomic E-state index is 0.262. The molecule has 0 atom stereocenters. The number of aromatic amines is 1. The maximum absolute atomic E-state index is 11.9. The first-order valence-electron chi connectivity index (χ1n) is 4.93. The third kappa shape index (κ3) is 2.93. The van der Waals surface area contributed by atoms with E-state index in [1.165, 1.54) is 0 Å². The van der Waals surface area contributed by atoms with Crippen LogP contribution >= 0.6 is 34.5 Å². The van der Waals surface area contributed by atoms with Crippen LogP contribution in [0.3, 0.4) is 0 Å². The molecule has 1 heterocycles. The summed E-state index contributed by atoms with van der Waals surface area (Å²) in [5.74, 6) is -0.366. The van der Waals surface area contributed by atoms with Gasteiger partial charge in [0.1, 0.15) is 4.88 Å². The summed E-state index contributed by atoms with van der Waals surface area (Å²) in [6, 6.07) is 4.73. The Morgan fingerprint density at radius 3 is 2.39 bits per heavy atom. The quantitative estimate of drug-likeness (QED) is 0.894. The summed E-state index contributed by atoms with van der Waals surface area (Å²) in [5, 5.41) is 3.49. The minimum Gasteiger partial charge on any atom is -0.321 e. The number of nitrogens with one attached hydrogen (secondary N) is 2. The number of hydrogen-bond acceptors (Lipinski definition) is 3. The van der Waals surface area contributed by atoms with E-state index in [1.54, 1.807) is 25.1 Å². The molecule has 4 nitrogen and oxygen atoms in total. The predicted molar refractivity (Wildman–Crippen MR) is 74.1 cm³/mol. The van der Waals surface area contributed by atoms with E-state index in [-0.39, 0.29) is 10.8 Å². The van der Waals surface area contributed by atoms with Gasteiger partial charge in [-0.05, 0) is 25.1 Å². The number of benzene rings is 1. The average molecular weight is 303 g/mol. The van der Waals surface area contributed by atoms with Crippen LogP contribution < -0.4 is 10.2 Å². The van der Waals surface area contributed by atoms with Crippen LogP contribution in [0.2, 0.25) is 10.0 Å². The van der Waals surface area contributed by atoms with Gasteiger partial charge in [0.25, 0.3) is 5.91 Å². The summed E-state index contributed by atoms with van der Waals surface area (Å²) >= 11 is 12.5. The van der Waals surface area contributed by atoms with Gasteiger partial charge in [-0.1, -0.05) is 34.5 Å². The second-order valence-electron chi connectivity index (χ2n) is 3.58. The molecule has 0 saturated heterocycles. The van der Waals surface area contributed by atoms with Crippen molar-refractivity contribution in [2.45, 2.75) is 6.92 Å². The van der Waals surface area contributed by atoms with E-state index in [2.05, 4.69) is 10.3 Å². The van der Waals surface area contributed by atoms with Crippen molar-refractivity contribution in [3.8, 4) is 0 Å². The Labute approximate surface area is 117 Å². The molecule has 0 aliphatic carbocycles. The fourth-order valence-electron chi connectivity index (χ4n) is 1.44. The zero-order valence-corrected chi connectivity index (χ0v) is 11.5. The Bertz CT molecular complexity index is 643. The highest BCUT2D eigenvalue weighted by molar-refractivity contribution is 7.11. The summed E-state index contributed by atoms with van der Waals surface area (Å²) in [7, 11) is 0. The van der Waals surface area contributed by atoms with E-state index in [1.807, 2.05) is 0 Å². The number of aromatic nitrogens is 1. The molecular weight excluding hydrogens is 295 g/mol. The number of aryl methyl sites for hydroxylation is 1. The SMILES string of the molecule is Cc1[nH]c(=O)sc1C(=O)Nc1cc(Cl)cc(Cl)c1. The van der Waals surface area contributed by atoms with Crippen molar-refractivity contribution < 1.29 is 4.79 Å². The van der Waals surface area contributed by atoms with E-state index in [0.717, 1.165) is 11.3 Å². The van der Waals surface area contributed by atoms with Crippen molar-refractivity contribution in [1.29, 1.82) is 0 Å². The monoisotopic (exact) mass is 302 g/mol. The molecule has 2 aromatic rings. The van der Waals surface area contributed by atoms with Gasteiger partial charge in [-0.25, -0.2) is 0 Å². The normalized spacial score (nSPS) is 10.4. The van der Waals surface area contributed by atoms with Gasteiger partial charge in [-0.2, -0.15) is 0 Å². The number of carbonyl (C=O) groups excluding carboxylic acids is 1. The zero-order chi connectivity index (χ0) is 13.3. The third-order valence-electron chi connectivity index (χ3n) is 2.15. The maximum Gasteiger partial charge on any atom is 0.305 e. The van der Waals surface area contributed by atoms with Gasteiger partial charge in [-0.3, -0.25) is 9.59 Å². The number of anilines is 1. The lowest BCUT2D eigenvalue weighted by Crippen LogP contribution is -2.11. The molecule has 0 unspecified atom stereocenters. The van der Waals surface area contributed by atoms with Gasteiger partial charge in [0.05, 0.1) is 0 Å². The van der Waals surface area contributed by atoms with Gasteiger partial charge in [0.2, 0.25) is 0 Å². The van der Waals surface area contributed by atoms with Gasteiger partial charge >= 0.3 is 4.87 Å². The van der Waals surface area contributed by atoms with Crippen LogP contribution in [-0.2, 0) is 0 Å². The Morgan fingerprint density at radius 1 is 1.28 bits per heavy atom. The van der Waals surface area contributed by atoms with Crippen LogP contribution in [0.1, 0.15) is 15.4 Å². The Balaban J connectivity index is 2.26. The van der Waals surface area contributed by atoms with Crippen molar-refractivity contribution in [2.75, 3.05) is 5.32 Å². The van der Waals surface area contributed by atoms with Crippen LogP contribution in [0.15, 0.2) is 23.0 Å². The molecule has 0 aliphatic rings. The molecule has 1 aromatic carbocycles. The second-order valence-corrected chi connectivity index (χ2v) is 5.44. The maximum atomic E-state index is 11.9. The van der Waals surface area contributed by atoms with E-state index < -0.39 is 0 Å². The van der Waals surface area contributed by atoms with E-state index in [0.29, 0.717) is 26.3 Å². The topological polar surface area (TPSA) is 62.0 Å². The molecule has 2 N–H and O–H groups in total. The van der Waals surface area contributed by atoms with Crippen molar-refractivity contribution >= 4 is 46.1 Å². The minimum atomic E-state index is -0.366. The van der Waals surface area contributed by atoms with Crippen LogP contribution in [-0.4, -0.2) is 10.9 Å². The van der Waals surface area contributed by atoms with Gasteiger partial charge in [0.15, 0.2) is 0 Å². The first kappa shape index (κ1) is 13.1. The molecule has 0 radical (unpaired) electrons. The van der Waals surface area contributed by atoms with Crippen LogP contribution in [0, 0.1) is 6.92 Å². The van der Waals surface area contributed by atoms with Gasteiger partial charge in [-0.15, -0.1) is 0 Å². The van der Waals surface area contributed by atoms with Crippen molar-refractivity contribution in [3.05, 3.63) is 48.5 Å². The molecular formula is C11H8Cl2N2O2S. The number of H-pyrrole nitrogens is 1. The molecule has 2 rings (SSSR count). The standard InChI is InChI=1S/C11H8Cl2N2O2S/c1-5-9(18-11(17)14-5)10(16)15-8-3-6(12)2-7(13)4-8/h2-4H,1H3,(H,14,17)(H,15,16). The largest absolute Gasteiger partial charge is 0.321 e. The summed E-state index contributed by atoms with van der Waals surface area (Å²) in [5.41, 5.74) is 1.02. The second kappa shape index (κ2) is 5.14. The molecule has 94 valence electrons. The Kier molecular flexibility index (Phi) is 3.75. The van der Waals surface area contributed by atoms with Crippen LogP contribution in [0.25, 0.3) is 0 Å². The van der Waals surface area contributed by atoms with Crippen molar-refractivity contribution in [2.24, 2.45) is 0 Å². The number of thiazole rings is 1. The van der Waals surface area contributed by atoms with Gasteiger partial charge < -0.3 is 10.3 Å². The number of hydrogen-bond donors (Lipinski definition) is 2. The summed E-state index contributed by atoms with van der Waals surface area (Å²) in [6.07, 6.45) is 0. The van der Waals surface area contributed by atoms with E-state index >= 15 is 0 Å². The lowest BCUT2D eigenvalue weighted by atomic mass is 10.3. The first-order chi connectivity index (χ1) is 8.45. The molecule has 0 spiro atoms. The molecule has 0 bridgehead atoms. The third-order valence-corrected chi connectivity index (χ3v) is 3.57. The molecule has 0 saturated carbocycles. The number of amides is 1. The number of halogens is 2. The number of carbonyl (C=O) groups is 1. The highest BCUT2D eigenvalue weighted by Crippen LogP contribution is 2.23. The number of rotatable bonds is 2. The summed E-state index contributed by atoms with van der Waals surface area (Å²) in [6.45, 7) is 1.66. The lowest BCUT2D eigenvalue weighted by Gasteiger charge is -2.05. The molecule has 18 heavy (non-hydrogen) atoms.